The molecule has 4 nitrogen and oxygen atoms in total. The second-order valence-corrected chi connectivity index (χ2v) is 3.52. The van der Waals surface area contributed by atoms with Crippen LogP contribution in [0, 0.1) is 5.82 Å². The molecule has 1 aromatic rings. The summed E-state index contributed by atoms with van der Waals surface area (Å²) >= 11 is 0. The standard InChI is InChI=1S/C10H13FN2O2.2ClH/c1-2-6-4-12-5-8-9(15-6)3-7(11)10(14)13-8;;/h3,6,12H,2,4-5H2,1H3,(H,13,14);2*1H/t6-;;/m1../s1. The Hall–Kier alpha value is -0.780. The van der Waals surface area contributed by atoms with E-state index in [1.807, 2.05) is 6.92 Å². The number of rotatable bonds is 1. The van der Waals surface area contributed by atoms with Crippen LogP contribution in [0.15, 0.2) is 6.07 Å². The zero-order valence-electron chi connectivity index (χ0n) is 9.27. The molecule has 0 unspecified atom stereocenters. The highest BCUT2D eigenvalue weighted by Gasteiger charge is 2.19. The lowest BCUT2D eigenvalue weighted by molar-refractivity contribution is 0.200. The number of halogens is 3. The molecule has 7 heteroatoms. The first kappa shape index (κ1) is 16.2. The van der Waals surface area contributed by atoms with Crippen molar-refractivity contribution in [3.05, 3.63) is 17.6 Å². The molecule has 1 aliphatic heterocycles. The van der Waals surface area contributed by atoms with E-state index in [4.69, 9.17) is 9.84 Å². The van der Waals surface area contributed by atoms with Crippen LogP contribution >= 0.6 is 24.8 Å². The summed E-state index contributed by atoms with van der Waals surface area (Å²) in [6.45, 7) is 3.19. The van der Waals surface area contributed by atoms with E-state index in [2.05, 4.69) is 10.3 Å². The lowest BCUT2D eigenvalue weighted by atomic mass is 10.3. The molecule has 1 atom stereocenters. The quantitative estimate of drug-likeness (QED) is 0.829. The molecule has 0 bridgehead atoms. The van der Waals surface area contributed by atoms with Crippen LogP contribution in [0.5, 0.6) is 11.6 Å². The van der Waals surface area contributed by atoms with Gasteiger partial charge in [-0.25, -0.2) is 9.37 Å². The largest absolute Gasteiger partial charge is 0.491 e. The van der Waals surface area contributed by atoms with E-state index in [0.29, 0.717) is 24.5 Å². The SMILES string of the molecule is CC[C@@H]1CNCc2nc(O)c(F)cc2O1.Cl.Cl. The highest BCUT2D eigenvalue weighted by atomic mass is 35.5. The van der Waals surface area contributed by atoms with Crippen LogP contribution in [0.3, 0.4) is 0 Å². The summed E-state index contributed by atoms with van der Waals surface area (Å²) in [6, 6.07) is 1.19. The Kier molecular flexibility index (Phi) is 6.52. The van der Waals surface area contributed by atoms with Crippen LogP contribution in [-0.2, 0) is 6.54 Å². The van der Waals surface area contributed by atoms with Gasteiger partial charge >= 0.3 is 0 Å². The van der Waals surface area contributed by atoms with Crippen LogP contribution in [0.1, 0.15) is 19.0 Å². The minimum atomic E-state index is -0.745. The molecule has 2 heterocycles. The topological polar surface area (TPSA) is 54.4 Å². The van der Waals surface area contributed by atoms with Crippen molar-refractivity contribution < 1.29 is 14.2 Å². The van der Waals surface area contributed by atoms with E-state index in [-0.39, 0.29) is 30.9 Å². The fourth-order valence-electron chi connectivity index (χ4n) is 1.53. The predicted molar refractivity (Wildman–Crippen MR) is 66.8 cm³/mol. The molecule has 2 rings (SSSR count). The predicted octanol–water partition coefficient (Wildman–Crippen LogP) is 2.03. The molecule has 1 aromatic heterocycles. The lowest BCUT2D eigenvalue weighted by Crippen LogP contribution is -2.27. The second kappa shape index (κ2) is 6.83. The fourth-order valence-corrected chi connectivity index (χ4v) is 1.53. The number of nitrogens with zero attached hydrogens (tertiary/aromatic N) is 1. The van der Waals surface area contributed by atoms with Gasteiger partial charge in [0.1, 0.15) is 17.5 Å². The number of aromatic nitrogens is 1. The monoisotopic (exact) mass is 284 g/mol. The van der Waals surface area contributed by atoms with E-state index in [1.165, 1.54) is 6.07 Å². The van der Waals surface area contributed by atoms with Crippen molar-refractivity contribution >= 4 is 24.8 Å². The molecular weight excluding hydrogens is 270 g/mol. The summed E-state index contributed by atoms with van der Waals surface area (Å²) in [5.41, 5.74) is 0.546. The number of nitrogens with one attached hydrogen (secondary N) is 1. The van der Waals surface area contributed by atoms with Gasteiger partial charge in [0.25, 0.3) is 0 Å². The van der Waals surface area contributed by atoms with Crippen LogP contribution < -0.4 is 10.1 Å². The van der Waals surface area contributed by atoms with Crippen molar-refractivity contribution in [2.24, 2.45) is 0 Å². The summed E-state index contributed by atoms with van der Waals surface area (Å²) in [5.74, 6) is -0.901. The van der Waals surface area contributed by atoms with Gasteiger partial charge in [0.05, 0.1) is 0 Å². The van der Waals surface area contributed by atoms with Crippen molar-refractivity contribution in [2.45, 2.75) is 26.0 Å². The van der Waals surface area contributed by atoms with Crippen LogP contribution in [0.4, 0.5) is 4.39 Å². The van der Waals surface area contributed by atoms with Crippen molar-refractivity contribution in [2.75, 3.05) is 6.54 Å². The van der Waals surface area contributed by atoms with Gasteiger partial charge in [0.15, 0.2) is 5.82 Å². The fraction of sp³-hybridized carbons (Fsp3) is 0.500. The zero-order valence-corrected chi connectivity index (χ0v) is 10.9. The third-order valence-electron chi connectivity index (χ3n) is 2.41. The number of ether oxygens (including phenoxy) is 1. The number of fused-ring (bicyclic) bond motifs is 1. The van der Waals surface area contributed by atoms with Crippen LogP contribution in [-0.4, -0.2) is 22.7 Å². The molecule has 0 fully saturated rings. The molecule has 0 saturated carbocycles. The maximum Gasteiger partial charge on any atom is 0.248 e. The summed E-state index contributed by atoms with van der Waals surface area (Å²) in [7, 11) is 0. The molecule has 0 aliphatic carbocycles. The molecule has 1 aliphatic rings. The van der Waals surface area contributed by atoms with Gasteiger partial charge in [-0.3, -0.25) is 0 Å². The first-order valence-corrected chi connectivity index (χ1v) is 4.96. The average Bonchev–Trinajstić information content (AvgIpc) is 2.41. The van der Waals surface area contributed by atoms with E-state index < -0.39 is 11.7 Å². The molecule has 0 radical (unpaired) electrons. The molecule has 0 aromatic carbocycles. The van der Waals surface area contributed by atoms with Crippen LogP contribution in [0.2, 0.25) is 0 Å². The molecule has 98 valence electrons. The van der Waals surface area contributed by atoms with Gasteiger partial charge in [0, 0.05) is 19.2 Å². The number of hydrogen-bond donors (Lipinski definition) is 2. The molecule has 0 spiro atoms. The summed E-state index contributed by atoms with van der Waals surface area (Å²) in [5, 5.41) is 12.3. The van der Waals surface area contributed by atoms with Crippen molar-refractivity contribution in [1.82, 2.24) is 10.3 Å². The molecule has 17 heavy (non-hydrogen) atoms. The molecule has 0 amide bonds. The average molecular weight is 285 g/mol. The van der Waals surface area contributed by atoms with Gasteiger partial charge in [-0.05, 0) is 6.42 Å². The second-order valence-electron chi connectivity index (χ2n) is 3.52. The lowest BCUT2D eigenvalue weighted by Gasteiger charge is -2.14. The smallest absolute Gasteiger partial charge is 0.248 e. The summed E-state index contributed by atoms with van der Waals surface area (Å²) < 4.78 is 18.6. The molecular formula is C10H15Cl2FN2O2. The number of aromatic hydroxyl groups is 1. The first-order valence-electron chi connectivity index (χ1n) is 4.96. The van der Waals surface area contributed by atoms with Crippen molar-refractivity contribution in [3.8, 4) is 11.6 Å². The van der Waals surface area contributed by atoms with E-state index in [1.54, 1.807) is 0 Å². The Bertz CT molecular complexity index is 380. The minimum Gasteiger partial charge on any atom is -0.491 e. The first-order chi connectivity index (χ1) is 7.20. The maximum absolute atomic E-state index is 13.1. The van der Waals surface area contributed by atoms with Gasteiger partial charge in [-0.15, -0.1) is 24.8 Å². The van der Waals surface area contributed by atoms with Crippen molar-refractivity contribution in [3.63, 3.8) is 0 Å². The Morgan fingerprint density at radius 3 is 2.94 bits per heavy atom. The Morgan fingerprint density at radius 1 is 1.59 bits per heavy atom. The summed E-state index contributed by atoms with van der Waals surface area (Å²) in [4.78, 5) is 3.74. The Labute approximate surface area is 111 Å². The highest BCUT2D eigenvalue weighted by molar-refractivity contribution is 5.85. The Balaban J connectivity index is 0.00000128. The van der Waals surface area contributed by atoms with Crippen molar-refractivity contribution in [1.29, 1.82) is 0 Å². The number of hydrogen-bond acceptors (Lipinski definition) is 4. The zero-order chi connectivity index (χ0) is 10.8. The normalized spacial score (nSPS) is 17.9. The van der Waals surface area contributed by atoms with Gasteiger partial charge in [0.2, 0.25) is 5.88 Å². The molecule has 2 N–H and O–H groups in total. The maximum atomic E-state index is 13.1. The van der Waals surface area contributed by atoms with Gasteiger partial charge in [-0.2, -0.15) is 0 Å². The Morgan fingerprint density at radius 2 is 2.29 bits per heavy atom. The van der Waals surface area contributed by atoms with E-state index in [0.717, 1.165) is 6.42 Å². The number of pyridine rings is 1. The molecule has 0 saturated heterocycles. The minimum absolute atomic E-state index is 0. The van der Waals surface area contributed by atoms with Gasteiger partial charge < -0.3 is 15.2 Å². The van der Waals surface area contributed by atoms with Gasteiger partial charge in [-0.1, -0.05) is 6.92 Å². The highest BCUT2D eigenvalue weighted by Crippen LogP contribution is 2.26. The van der Waals surface area contributed by atoms with E-state index in [9.17, 15) is 4.39 Å². The van der Waals surface area contributed by atoms with E-state index >= 15 is 0 Å². The third kappa shape index (κ3) is 3.59. The summed E-state index contributed by atoms with van der Waals surface area (Å²) in [6.07, 6.45) is 0.867. The third-order valence-corrected chi connectivity index (χ3v) is 2.41. The van der Waals surface area contributed by atoms with Crippen LogP contribution in [0.25, 0.3) is 0 Å².